The van der Waals surface area contributed by atoms with E-state index in [1.54, 1.807) is 6.92 Å². The fourth-order valence-electron chi connectivity index (χ4n) is 1.58. The van der Waals surface area contributed by atoms with Crippen LogP contribution in [0.5, 0.6) is 0 Å². The number of carbonyl (C=O) groups excluding carboxylic acids is 1. The van der Waals surface area contributed by atoms with Crippen molar-refractivity contribution < 1.29 is 19.4 Å². The summed E-state index contributed by atoms with van der Waals surface area (Å²) in [6.07, 6.45) is 1.62. The summed E-state index contributed by atoms with van der Waals surface area (Å²) in [5, 5.41) is 12.4. The van der Waals surface area contributed by atoms with Crippen molar-refractivity contribution in [1.29, 1.82) is 0 Å². The van der Waals surface area contributed by atoms with Crippen molar-refractivity contribution in [1.82, 2.24) is 5.32 Å². The average Bonchev–Trinajstić information content (AvgIpc) is 2.78. The van der Waals surface area contributed by atoms with Crippen LogP contribution in [0.25, 0.3) is 0 Å². The first-order valence-corrected chi connectivity index (χ1v) is 5.99. The van der Waals surface area contributed by atoms with Crippen molar-refractivity contribution >= 4 is 5.91 Å². The zero-order valence-corrected chi connectivity index (χ0v) is 10.2. The van der Waals surface area contributed by atoms with Crippen molar-refractivity contribution in [2.75, 3.05) is 26.4 Å². The van der Waals surface area contributed by atoms with E-state index in [0.29, 0.717) is 6.61 Å². The van der Waals surface area contributed by atoms with E-state index in [1.165, 1.54) is 0 Å². The van der Waals surface area contributed by atoms with Gasteiger partial charge in [-0.15, -0.1) is 0 Å². The monoisotopic (exact) mass is 246 g/mol. The molecule has 0 saturated carbocycles. The Balaban J connectivity index is 2.00. The number of aliphatic hydroxyl groups is 1. The first-order valence-electron chi connectivity index (χ1n) is 5.99. The second-order valence-electron chi connectivity index (χ2n) is 4.36. The van der Waals surface area contributed by atoms with Crippen LogP contribution >= 0.6 is 0 Å². The Labute approximate surface area is 101 Å². The van der Waals surface area contributed by atoms with Crippen LogP contribution < -0.4 is 11.1 Å². The number of nitrogens with two attached hydrogens (primary N) is 1. The highest BCUT2D eigenvalue weighted by Crippen LogP contribution is 2.11. The molecule has 1 aliphatic heterocycles. The molecule has 0 radical (unpaired) electrons. The van der Waals surface area contributed by atoms with Crippen molar-refractivity contribution in [2.45, 2.75) is 38.0 Å². The molecule has 1 saturated heterocycles. The summed E-state index contributed by atoms with van der Waals surface area (Å²) in [5.74, 6) is -0.433. The first kappa shape index (κ1) is 14.4. The Morgan fingerprint density at radius 1 is 1.71 bits per heavy atom. The molecule has 1 aliphatic rings. The minimum atomic E-state index is -0.641. The molecule has 3 atom stereocenters. The van der Waals surface area contributed by atoms with E-state index in [2.05, 4.69) is 5.32 Å². The van der Waals surface area contributed by atoms with Crippen LogP contribution in [0.2, 0.25) is 0 Å². The maximum absolute atomic E-state index is 10.7. The molecule has 1 rings (SSSR count). The van der Waals surface area contributed by atoms with Crippen LogP contribution in [-0.4, -0.2) is 55.6 Å². The minimum absolute atomic E-state index is 0.166. The third kappa shape index (κ3) is 5.97. The highest BCUT2D eigenvalue weighted by atomic mass is 16.5. The summed E-state index contributed by atoms with van der Waals surface area (Å²) < 4.78 is 10.7. The van der Waals surface area contributed by atoms with Gasteiger partial charge in [0.1, 0.15) is 0 Å². The number of primary amides is 1. The summed E-state index contributed by atoms with van der Waals surface area (Å²) in [4.78, 5) is 10.7. The lowest BCUT2D eigenvalue weighted by Gasteiger charge is -2.16. The van der Waals surface area contributed by atoms with Gasteiger partial charge in [-0.1, -0.05) is 0 Å². The van der Waals surface area contributed by atoms with Crippen molar-refractivity contribution in [2.24, 2.45) is 5.73 Å². The Morgan fingerprint density at radius 2 is 2.47 bits per heavy atom. The number of hydrogen-bond acceptors (Lipinski definition) is 5. The molecule has 100 valence electrons. The van der Waals surface area contributed by atoms with Crippen LogP contribution in [0, 0.1) is 0 Å². The summed E-state index contributed by atoms with van der Waals surface area (Å²) in [7, 11) is 0. The Kier molecular flexibility index (Phi) is 6.43. The number of amides is 1. The zero-order valence-electron chi connectivity index (χ0n) is 10.2. The Morgan fingerprint density at radius 3 is 3.06 bits per heavy atom. The second kappa shape index (κ2) is 7.60. The van der Waals surface area contributed by atoms with Gasteiger partial charge in [0.25, 0.3) is 0 Å². The van der Waals surface area contributed by atoms with E-state index in [-0.39, 0.29) is 19.3 Å². The lowest BCUT2D eigenvalue weighted by Crippen LogP contribution is -2.43. The molecule has 1 amide bonds. The van der Waals surface area contributed by atoms with Crippen LogP contribution in [0.3, 0.4) is 0 Å². The first-order chi connectivity index (χ1) is 8.09. The SMILES string of the molecule is CC(NCC(O)COCC1CCCO1)C(N)=O. The van der Waals surface area contributed by atoms with Gasteiger partial charge in [0.2, 0.25) is 5.91 Å². The number of hydrogen-bond donors (Lipinski definition) is 3. The van der Waals surface area contributed by atoms with Gasteiger partial charge in [-0.05, 0) is 19.8 Å². The van der Waals surface area contributed by atoms with E-state index in [0.717, 1.165) is 19.4 Å². The van der Waals surface area contributed by atoms with Crippen LogP contribution in [0.4, 0.5) is 0 Å². The number of rotatable bonds is 8. The smallest absolute Gasteiger partial charge is 0.234 e. The van der Waals surface area contributed by atoms with Crippen molar-refractivity contribution in [3.05, 3.63) is 0 Å². The van der Waals surface area contributed by atoms with Crippen LogP contribution in [0.15, 0.2) is 0 Å². The molecule has 0 aromatic rings. The lowest BCUT2D eigenvalue weighted by molar-refractivity contribution is -0.119. The van der Waals surface area contributed by atoms with Crippen LogP contribution in [0.1, 0.15) is 19.8 Å². The summed E-state index contributed by atoms with van der Waals surface area (Å²) in [6, 6.07) is -0.442. The molecule has 0 bridgehead atoms. The molecule has 0 aromatic heterocycles. The fourth-order valence-corrected chi connectivity index (χ4v) is 1.58. The predicted molar refractivity (Wildman–Crippen MR) is 62.5 cm³/mol. The maximum atomic E-state index is 10.7. The topological polar surface area (TPSA) is 93.8 Å². The quantitative estimate of drug-likeness (QED) is 0.511. The van der Waals surface area contributed by atoms with Gasteiger partial charge >= 0.3 is 0 Å². The summed E-state index contributed by atoms with van der Waals surface area (Å²) in [6.45, 7) is 3.49. The average molecular weight is 246 g/mol. The van der Waals surface area contributed by atoms with Gasteiger partial charge in [0.15, 0.2) is 0 Å². The molecule has 0 aromatic carbocycles. The number of nitrogens with one attached hydrogen (secondary N) is 1. The maximum Gasteiger partial charge on any atom is 0.234 e. The molecule has 6 nitrogen and oxygen atoms in total. The lowest BCUT2D eigenvalue weighted by atomic mass is 10.2. The molecule has 4 N–H and O–H groups in total. The van der Waals surface area contributed by atoms with E-state index in [4.69, 9.17) is 15.2 Å². The van der Waals surface area contributed by atoms with Gasteiger partial charge in [-0.3, -0.25) is 4.79 Å². The third-order valence-corrected chi connectivity index (χ3v) is 2.72. The summed E-state index contributed by atoms with van der Waals surface area (Å²) in [5.41, 5.74) is 5.07. The zero-order chi connectivity index (χ0) is 12.7. The van der Waals surface area contributed by atoms with Gasteiger partial charge in [-0.2, -0.15) is 0 Å². The molecular weight excluding hydrogens is 224 g/mol. The molecule has 0 spiro atoms. The molecule has 6 heteroatoms. The van der Waals surface area contributed by atoms with Gasteiger partial charge in [-0.25, -0.2) is 0 Å². The van der Waals surface area contributed by atoms with E-state index in [9.17, 15) is 9.90 Å². The van der Waals surface area contributed by atoms with E-state index < -0.39 is 18.1 Å². The Hall–Kier alpha value is -0.690. The Bertz CT molecular complexity index is 232. The highest BCUT2D eigenvalue weighted by Gasteiger charge is 2.16. The molecule has 3 unspecified atom stereocenters. The molecule has 1 fully saturated rings. The van der Waals surface area contributed by atoms with Crippen molar-refractivity contribution in [3.63, 3.8) is 0 Å². The highest BCUT2D eigenvalue weighted by molar-refractivity contribution is 5.79. The molecular formula is C11H22N2O4. The van der Waals surface area contributed by atoms with E-state index in [1.807, 2.05) is 0 Å². The van der Waals surface area contributed by atoms with Gasteiger partial charge in [0, 0.05) is 13.2 Å². The summed E-state index contributed by atoms with van der Waals surface area (Å²) >= 11 is 0. The third-order valence-electron chi connectivity index (χ3n) is 2.72. The standard InChI is InChI=1S/C11H22N2O4/c1-8(11(12)15)13-5-9(14)6-16-7-10-3-2-4-17-10/h8-10,13-14H,2-7H2,1H3,(H2,12,15). The van der Waals surface area contributed by atoms with Gasteiger partial charge in [0.05, 0.1) is 31.5 Å². The van der Waals surface area contributed by atoms with E-state index >= 15 is 0 Å². The number of carbonyl (C=O) groups is 1. The minimum Gasteiger partial charge on any atom is -0.389 e. The molecule has 1 heterocycles. The predicted octanol–water partition coefficient (Wildman–Crippen LogP) is -0.994. The fraction of sp³-hybridized carbons (Fsp3) is 0.909. The molecule has 0 aliphatic carbocycles. The largest absolute Gasteiger partial charge is 0.389 e. The van der Waals surface area contributed by atoms with Gasteiger partial charge < -0.3 is 25.6 Å². The van der Waals surface area contributed by atoms with Crippen LogP contribution in [-0.2, 0) is 14.3 Å². The van der Waals surface area contributed by atoms with Crippen molar-refractivity contribution in [3.8, 4) is 0 Å². The number of aliphatic hydroxyl groups excluding tert-OH is 1. The second-order valence-corrected chi connectivity index (χ2v) is 4.36. The molecule has 17 heavy (non-hydrogen) atoms. The number of ether oxygens (including phenoxy) is 2. The normalized spacial score (nSPS) is 23.5.